The molecule has 0 amide bonds. The van der Waals surface area contributed by atoms with Crippen LogP contribution in [-0.2, 0) is 6.54 Å². The summed E-state index contributed by atoms with van der Waals surface area (Å²) in [5, 5.41) is 12.9. The van der Waals surface area contributed by atoms with Gasteiger partial charge in [-0.2, -0.15) is 4.98 Å². The van der Waals surface area contributed by atoms with Crippen molar-refractivity contribution in [3.8, 4) is 0 Å². The predicted octanol–water partition coefficient (Wildman–Crippen LogP) is 2.33. The van der Waals surface area contributed by atoms with Crippen LogP contribution in [0.5, 0.6) is 0 Å². The molecule has 2 N–H and O–H groups in total. The number of anilines is 2. The molecular weight excluding hydrogens is 250 g/mol. The molecular formula is C11H11N5OS. The number of nitrogens with one attached hydrogen (secondary N) is 2. The first-order chi connectivity index (χ1) is 8.86. The molecule has 0 spiro atoms. The second kappa shape index (κ2) is 4.61. The summed E-state index contributed by atoms with van der Waals surface area (Å²) in [6.07, 6.45) is 1.62. The Morgan fingerprint density at radius 3 is 3.06 bits per heavy atom. The second-order valence-corrected chi connectivity index (χ2v) is 4.51. The number of nitrogens with zero attached hydrogens (tertiary/aromatic N) is 3. The van der Waals surface area contributed by atoms with E-state index in [0.29, 0.717) is 12.5 Å². The maximum atomic E-state index is 5.04. The highest BCUT2D eigenvalue weighted by molar-refractivity contribution is 7.16. The molecule has 0 fully saturated rings. The van der Waals surface area contributed by atoms with Crippen molar-refractivity contribution in [1.82, 2.24) is 15.1 Å². The summed E-state index contributed by atoms with van der Waals surface area (Å²) in [7, 11) is 1.80. The number of hydrogen-bond donors (Lipinski definition) is 2. The number of aromatic nitrogens is 3. The first kappa shape index (κ1) is 11.0. The Bertz CT molecular complexity index is 649. The Balaban J connectivity index is 1.92. The summed E-state index contributed by atoms with van der Waals surface area (Å²) < 4.78 is 5.04. The summed E-state index contributed by atoms with van der Waals surface area (Å²) in [6.45, 7) is 0.547. The largest absolute Gasteiger partial charge is 0.362 e. The van der Waals surface area contributed by atoms with Crippen LogP contribution in [0, 0.1) is 0 Å². The van der Waals surface area contributed by atoms with E-state index in [2.05, 4.69) is 25.8 Å². The van der Waals surface area contributed by atoms with Gasteiger partial charge in [-0.15, -0.1) is 11.3 Å². The van der Waals surface area contributed by atoms with Gasteiger partial charge in [0.2, 0.25) is 5.95 Å². The molecule has 0 atom stereocenters. The maximum Gasteiger partial charge on any atom is 0.225 e. The molecule has 0 aliphatic rings. The summed E-state index contributed by atoms with van der Waals surface area (Å²) in [5.41, 5.74) is 0. The molecule has 0 saturated carbocycles. The molecule has 6 nitrogen and oxygen atoms in total. The van der Waals surface area contributed by atoms with Crippen LogP contribution in [0.25, 0.3) is 10.2 Å². The van der Waals surface area contributed by atoms with Crippen LogP contribution in [-0.4, -0.2) is 22.2 Å². The van der Waals surface area contributed by atoms with E-state index in [-0.39, 0.29) is 0 Å². The van der Waals surface area contributed by atoms with E-state index in [0.717, 1.165) is 21.8 Å². The molecule has 0 aliphatic carbocycles. The topological polar surface area (TPSA) is 75.9 Å². The number of hydrogen-bond acceptors (Lipinski definition) is 7. The van der Waals surface area contributed by atoms with Crippen molar-refractivity contribution < 1.29 is 4.52 Å². The third kappa shape index (κ3) is 2.00. The van der Waals surface area contributed by atoms with E-state index in [9.17, 15) is 0 Å². The third-order valence-electron chi connectivity index (χ3n) is 2.47. The minimum Gasteiger partial charge on any atom is -0.362 e. The van der Waals surface area contributed by atoms with Crippen molar-refractivity contribution >= 4 is 33.3 Å². The van der Waals surface area contributed by atoms with Crippen LogP contribution in [0.1, 0.15) is 5.76 Å². The zero-order valence-corrected chi connectivity index (χ0v) is 10.5. The van der Waals surface area contributed by atoms with E-state index < -0.39 is 0 Å². The van der Waals surface area contributed by atoms with Gasteiger partial charge in [-0.3, -0.25) is 0 Å². The van der Waals surface area contributed by atoms with E-state index in [4.69, 9.17) is 4.52 Å². The molecule has 3 rings (SSSR count). The summed E-state index contributed by atoms with van der Waals surface area (Å²) >= 11 is 1.59. The highest BCUT2D eigenvalue weighted by Gasteiger charge is 2.08. The molecule has 0 unspecified atom stereocenters. The minimum absolute atomic E-state index is 0.547. The Morgan fingerprint density at radius 2 is 2.28 bits per heavy atom. The van der Waals surface area contributed by atoms with Crippen LogP contribution in [0.2, 0.25) is 0 Å². The lowest BCUT2D eigenvalue weighted by Crippen LogP contribution is -2.04. The summed E-state index contributed by atoms with van der Waals surface area (Å²) in [6, 6.07) is 3.82. The van der Waals surface area contributed by atoms with Gasteiger partial charge in [0.25, 0.3) is 0 Å². The number of thiophene rings is 1. The molecule has 3 aromatic rings. The molecule has 18 heavy (non-hydrogen) atoms. The molecule has 7 heteroatoms. The fourth-order valence-corrected chi connectivity index (χ4v) is 2.37. The molecule has 3 aromatic heterocycles. The molecule has 0 aromatic carbocycles. The Kier molecular flexibility index (Phi) is 2.81. The molecule has 0 bridgehead atoms. The Hall–Kier alpha value is -2.15. The van der Waals surface area contributed by atoms with Crippen LogP contribution in [0.3, 0.4) is 0 Å². The lowest BCUT2D eigenvalue weighted by Gasteiger charge is -2.06. The zero-order chi connectivity index (χ0) is 12.4. The van der Waals surface area contributed by atoms with Gasteiger partial charge in [0.05, 0.1) is 18.1 Å². The van der Waals surface area contributed by atoms with Crippen LogP contribution >= 0.6 is 11.3 Å². The van der Waals surface area contributed by atoms with Gasteiger partial charge in [-0.25, -0.2) is 4.98 Å². The van der Waals surface area contributed by atoms with Crippen LogP contribution in [0.15, 0.2) is 28.2 Å². The van der Waals surface area contributed by atoms with Crippen molar-refractivity contribution in [2.45, 2.75) is 6.54 Å². The predicted molar refractivity (Wildman–Crippen MR) is 70.8 cm³/mol. The highest BCUT2D eigenvalue weighted by Crippen LogP contribution is 2.26. The Morgan fingerprint density at radius 1 is 1.33 bits per heavy atom. The van der Waals surface area contributed by atoms with Gasteiger partial charge in [0.15, 0.2) is 5.76 Å². The van der Waals surface area contributed by atoms with Gasteiger partial charge in [-0.05, 0) is 11.4 Å². The lowest BCUT2D eigenvalue weighted by atomic mass is 10.3. The highest BCUT2D eigenvalue weighted by atomic mass is 32.1. The normalized spacial score (nSPS) is 10.7. The van der Waals surface area contributed by atoms with Gasteiger partial charge in [0, 0.05) is 13.1 Å². The average Bonchev–Trinajstić information content (AvgIpc) is 3.06. The van der Waals surface area contributed by atoms with Crippen LogP contribution < -0.4 is 10.6 Å². The van der Waals surface area contributed by atoms with E-state index >= 15 is 0 Å². The van der Waals surface area contributed by atoms with Gasteiger partial charge >= 0.3 is 0 Å². The first-order valence-electron chi connectivity index (χ1n) is 5.43. The van der Waals surface area contributed by atoms with Crippen molar-refractivity contribution in [2.24, 2.45) is 0 Å². The van der Waals surface area contributed by atoms with Crippen molar-refractivity contribution in [1.29, 1.82) is 0 Å². The van der Waals surface area contributed by atoms with E-state index in [1.807, 2.05) is 17.5 Å². The summed E-state index contributed by atoms with van der Waals surface area (Å²) in [4.78, 5) is 9.74. The second-order valence-electron chi connectivity index (χ2n) is 3.62. The molecule has 0 radical (unpaired) electrons. The number of fused-ring (bicyclic) bond motifs is 1. The van der Waals surface area contributed by atoms with Crippen molar-refractivity contribution in [3.05, 3.63) is 29.5 Å². The average molecular weight is 261 g/mol. The van der Waals surface area contributed by atoms with E-state index in [1.54, 1.807) is 24.6 Å². The smallest absolute Gasteiger partial charge is 0.225 e. The monoisotopic (exact) mass is 261 g/mol. The van der Waals surface area contributed by atoms with Crippen molar-refractivity contribution in [3.63, 3.8) is 0 Å². The van der Waals surface area contributed by atoms with Gasteiger partial charge < -0.3 is 15.2 Å². The molecule has 92 valence electrons. The molecule has 0 aliphatic heterocycles. The van der Waals surface area contributed by atoms with Crippen molar-refractivity contribution in [2.75, 3.05) is 17.7 Å². The SMILES string of the molecule is CNc1nc(NCc2ccno2)c2ccsc2n1. The minimum atomic E-state index is 0.547. The standard InChI is InChI=1S/C11H11N5OS/c1-12-11-15-9(8-3-5-18-10(8)16-11)13-6-7-2-4-14-17-7/h2-5H,6H2,1H3,(H2,12,13,15,16). The van der Waals surface area contributed by atoms with Gasteiger partial charge in [-0.1, -0.05) is 5.16 Å². The number of rotatable bonds is 4. The fraction of sp³-hybridized carbons (Fsp3) is 0.182. The molecule has 3 heterocycles. The zero-order valence-electron chi connectivity index (χ0n) is 9.67. The fourth-order valence-electron chi connectivity index (χ4n) is 1.61. The first-order valence-corrected chi connectivity index (χ1v) is 6.31. The molecule has 0 saturated heterocycles. The lowest BCUT2D eigenvalue weighted by molar-refractivity contribution is 0.388. The maximum absolute atomic E-state index is 5.04. The Labute approximate surface area is 107 Å². The van der Waals surface area contributed by atoms with Gasteiger partial charge in [0.1, 0.15) is 10.6 Å². The quantitative estimate of drug-likeness (QED) is 0.750. The van der Waals surface area contributed by atoms with E-state index in [1.165, 1.54) is 0 Å². The summed E-state index contributed by atoms with van der Waals surface area (Å²) in [5.74, 6) is 2.16. The third-order valence-corrected chi connectivity index (χ3v) is 3.28. The van der Waals surface area contributed by atoms with Crippen LogP contribution in [0.4, 0.5) is 11.8 Å².